The molecule has 0 aromatic heterocycles. The van der Waals surface area contributed by atoms with Gasteiger partial charge < -0.3 is 15.1 Å². The average molecular weight is 382 g/mol. The molecule has 2 aromatic rings. The predicted octanol–water partition coefficient (Wildman–Crippen LogP) is 3.41. The van der Waals surface area contributed by atoms with Gasteiger partial charge in [0.05, 0.1) is 10.6 Å². The molecule has 2 aromatic carbocycles. The van der Waals surface area contributed by atoms with Crippen LogP contribution in [0.3, 0.4) is 0 Å². The number of aromatic hydroxyl groups is 1. The van der Waals surface area contributed by atoms with Gasteiger partial charge in [-0.05, 0) is 24.1 Å². The van der Waals surface area contributed by atoms with Crippen molar-refractivity contribution in [3.8, 4) is 17.9 Å². The zero-order chi connectivity index (χ0) is 20.0. The summed E-state index contributed by atoms with van der Waals surface area (Å²) in [5.41, 5.74) is 0.381. The number of carbonyl (C=O) groups is 1. The summed E-state index contributed by atoms with van der Waals surface area (Å²) < 4.78 is 0. The quantitative estimate of drug-likeness (QED) is 0.468. The molecule has 0 aliphatic carbocycles. The third-order valence-corrected chi connectivity index (χ3v) is 4.23. The molecule has 0 spiro atoms. The van der Waals surface area contributed by atoms with Gasteiger partial charge in [-0.2, -0.15) is 10.5 Å². The van der Waals surface area contributed by atoms with Gasteiger partial charge in [0.25, 0.3) is 5.91 Å². The Hall–Kier alpha value is -3.48. The number of nitriles is 2. The summed E-state index contributed by atoms with van der Waals surface area (Å²) in [6.07, 6.45) is 0.589. The normalized spacial score (nSPS) is 11.1. The SMILES string of the molecule is CN(CCc1ccccc1)C(=O)/C(C#N)=C(\O)c1cc(Cl)c(O)c(C#N)c1. The average Bonchev–Trinajstić information content (AvgIpc) is 2.69. The number of phenolic OH excluding ortho intramolecular Hbond substituents is 1. The van der Waals surface area contributed by atoms with E-state index in [1.54, 1.807) is 12.1 Å². The molecule has 27 heavy (non-hydrogen) atoms. The number of rotatable bonds is 5. The maximum Gasteiger partial charge on any atom is 0.268 e. The van der Waals surface area contributed by atoms with Crippen LogP contribution in [-0.4, -0.2) is 34.6 Å². The summed E-state index contributed by atoms with van der Waals surface area (Å²) in [7, 11) is 1.53. The Labute approximate surface area is 161 Å². The Kier molecular flexibility index (Phi) is 6.43. The Morgan fingerprint density at radius 1 is 1.22 bits per heavy atom. The van der Waals surface area contributed by atoms with E-state index in [2.05, 4.69) is 0 Å². The zero-order valence-electron chi connectivity index (χ0n) is 14.5. The lowest BCUT2D eigenvalue weighted by molar-refractivity contribution is -0.125. The Bertz CT molecular complexity index is 972. The van der Waals surface area contributed by atoms with Gasteiger partial charge in [0.2, 0.25) is 0 Å². The van der Waals surface area contributed by atoms with E-state index < -0.39 is 23.0 Å². The molecule has 136 valence electrons. The predicted molar refractivity (Wildman–Crippen MR) is 101 cm³/mol. The summed E-state index contributed by atoms with van der Waals surface area (Å²) in [5, 5.41) is 38.3. The fourth-order valence-corrected chi connectivity index (χ4v) is 2.62. The highest BCUT2D eigenvalue weighted by atomic mass is 35.5. The number of benzene rings is 2. The number of hydrogen-bond acceptors (Lipinski definition) is 5. The Morgan fingerprint density at radius 3 is 2.48 bits per heavy atom. The molecule has 2 rings (SSSR count). The molecular weight excluding hydrogens is 366 g/mol. The highest BCUT2D eigenvalue weighted by molar-refractivity contribution is 6.32. The van der Waals surface area contributed by atoms with Gasteiger partial charge >= 0.3 is 0 Å². The van der Waals surface area contributed by atoms with Gasteiger partial charge in [-0.15, -0.1) is 0 Å². The highest BCUT2D eigenvalue weighted by Gasteiger charge is 2.21. The lowest BCUT2D eigenvalue weighted by Crippen LogP contribution is -2.30. The summed E-state index contributed by atoms with van der Waals surface area (Å²) in [6, 6.07) is 15.3. The number of amides is 1. The largest absolute Gasteiger partial charge is 0.506 e. The highest BCUT2D eigenvalue weighted by Crippen LogP contribution is 2.31. The van der Waals surface area contributed by atoms with E-state index in [0.29, 0.717) is 13.0 Å². The molecule has 0 fully saturated rings. The second kappa shape index (κ2) is 8.75. The van der Waals surface area contributed by atoms with E-state index in [9.17, 15) is 20.3 Å². The third-order valence-electron chi connectivity index (χ3n) is 3.95. The first-order valence-electron chi connectivity index (χ1n) is 7.94. The molecule has 0 radical (unpaired) electrons. The van der Waals surface area contributed by atoms with Crippen LogP contribution in [-0.2, 0) is 11.2 Å². The van der Waals surface area contributed by atoms with Crippen molar-refractivity contribution in [2.24, 2.45) is 0 Å². The van der Waals surface area contributed by atoms with E-state index in [1.165, 1.54) is 18.0 Å². The second-order valence-corrected chi connectivity index (χ2v) is 6.17. The number of nitrogens with zero attached hydrogens (tertiary/aromatic N) is 3. The van der Waals surface area contributed by atoms with Gasteiger partial charge in [-0.1, -0.05) is 41.9 Å². The summed E-state index contributed by atoms with van der Waals surface area (Å²) >= 11 is 5.84. The molecule has 0 bridgehead atoms. The van der Waals surface area contributed by atoms with Crippen molar-refractivity contribution < 1.29 is 15.0 Å². The van der Waals surface area contributed by atoms with E-state index in [1.807, 2.05) is 30.3 Å². The first kappa shape index (κ1) is 19.8. The maximum absolute atomic E-state index is 12.6. The molecule has 0 saturated heterocycles. The number of hydrogen-bond donors (Lipinski definition) is 2. The lowest BCUT2D eigenvalue weighted by Gasteiger charge is -2.17. The van der Waals surface area contributed by atoms with Crippen molar-refractivity contribution in [3.63, 3.8) is 0 Å². The van der Waals surface area contributed by atoms with Crippen LogP contribution in [0.1, 0.15) is 16.7 Å². The van der Waals surface area contributed by atoms with Crippen LogP contribution in [0.15, 0.2) is 48.0 Å². The Balaban J connectivity index is 2.28. The standard InChI is InChI=1S/C20H16ClN3O3/c1-24(8-7-13-5-3-2-4-6-13)20(27)16(12-23)18(25)14-9-15(11-22)19(26)17(21)10-14/h2-6,9-10,25-26H,7-8H2,1H3/b18-16-. The zero-order valence-corrected chi connectivity index (χ0v) is 15.2. The van der Waals surface area contributed by atoms with Crippen LogP contribution < -0.4 is 0 Å². The van der Waals surface area contributed by atoms with Gasteiger partial charge in [0, 0.05) is 19.2 Å². The molecule has 2 N–H and O–H groups in total. The van der Waals surface area contributed by atoms with Crippen molar-refractivity contribution >= 4 is 23.3 Å². The summed E-state index contributed by atoms with van der Waals surface area (Å²) in [6.45, 7) is 0.348. The van der Waals surface area contributed by atoms with Crippen molar-refractivity contribution in [1.29, 1.82) is 10.5 Å². The van der Waals surface area contributed by atoms with Crippen molar-refractivity contribution in [2.75, 3.05) is 13.6 Å². The van der Waals surface area contributed by atoms with Gasteiger partial charge in [-0.25, -0.2) is 0 Å². The van der Waals surface area contributed by atoms with E-state index >= 15 is 0 Å². The van der Waals surface area contributed by atoms with Crippen molar-refractivity contribution in [2.45, 2.75) is 6.42 Å². The minimum absolute atomic E-state index is 0.00397. The molecule has 0 saturated carbocycles. The molecule has 0 unspecified atom stereocenters. The van der Waals surface area contributed by atoms with Crippen molar-refractivity contribution in [1.82, 2.24) is 4.90 Å². The summed E-state index contributed by atoms with van der Waals surface area (Å²) in [5.74, 6) is -1.69. The minimum atomic E-state index is -0.659. The third kappa shape index (κ3) is 4.58. The molecule has 0 atom stereocenters. The maximum atomic E-state index is 12.6. The number of aliphatic hydroxyl groups excluding tert-OH is 1. The topological polar surface area (TPSA) is 108 Å². The van der Waals surface area contributed by atoms with E-state index in [-0.39, 0.29) is 16.1 Å². The van der Waals surface area contributed by atoms with Crippen LogP contribution in [0.4, 0.5) is 0 Å². The fourth-order valence-electron chi connectivity index (χ4n) is 2.40. The minimum Gasteiger partial charge on any atom is -0.506 e. The first-order chi connectivity index (χ1) is 12.9. The first-order valence-corrected chi connectivity index (χ1v) is 8.32. The number of phenols is 1. The van der Waals surface area contributed by atoms with Crippen LogP contribution in [0, 0.1) is 22.7 Å². The number of likely N-dealkylation sites (N-methyl/N-ethyl adjacent to an activating group) is 1. The Morgan fingerprint density at radius 2 is 1.89 bits per heavy atom. The molecule has 0 aliphatic rings. The smallest absolute Gasteiger partial charge is 0.268 e. The molecular formula is C20H16ClN3O3. The molecule has 0 aliphatic heterocycles. The molecule has 6 nitrogen and oxygen atoms in total. The van der Waals surface area contributed by atoms with Crippen LogP contribution in [0.5, 0.6) is 5.75 Å². The van der Waals surface area contributed by atoms with Gasteiger partial charge in [-0.3, -0.25) is 4.79 Å². The number of carbonyl (C=O) groups excluding carboxylic acids is 1. The molecule has 0 heterocycles. The second-order valence-electron chi connectivity index (χ2n) is 5.76. The van der Waals surface area contributed by atoms with Crippen LogP contribution >= 0.6 is 11.6 Å². The van der Waals surface area contributed by atoms with Gasteiger partial charge in [0.15, 0.2) is 11.3 Å². The summed E-state index contributed by atoms with van der Waals surface area (Å²) in [4.78, 5) is 13.9. The molecule has 7 heteroatoms. The van der Waals surface area contributed by atoms with Crippen molar-refractivity contribution in [3.05, 3.63) is 69.8 Å². The molecule has 1 amide bonds. The number of halogens is 1. The lowest BCUT2D eigenvalue weighted by atomic mass is 10.0. The number of aliphatic hydroxyl groups is 1. The van der Waals surface area contributed by atoms with Gasteiger partial charge in [0.1, 0.15) is 17.9 Å². The monoisotopic (exact) mass is 381 g/mol. The van der Waals surface area contributed by atoms with E-state index in [4.69, 9.17) is 16.9 Å². The van der Waals surface area contributed by atoms with Crippen LogP contribution in [0.25, 0.3) is 5.76 Å². The van der Waals surface area contributed by atoms with E-state index in [0.717, 1.165) is 11.6 Å². The van der Waals surface area contributed by atoms with Crippen LogP contribution in [0.2, 0.25) is 5.02 Å². The fraction of sp³-hybridized carbons (Fsp3) is 0.150.